The fourth-order valence-electron chi connectivity index (χ4n) is 1.00. The van der Waals surface area contributed by atoms with E-state index in [1.165, 1.54) is 18.0 Å². The number of aliphatic hydroxyl groups is 1. The number of carbonyl (C=O) groups excluding carboxylic acids is 1. The molecule has 88 valence electrons. The molecular weight excluding hydrogens is 226 g/mol. The van der Waals surface area contributed by atoms with Crippen LogP contribution in [0.1, 0.15) is 24.2 Å². The van der Waals surface area contributed by atoms with Crippen molar-refractivity contribution in [2.24, 2.45) is 0 Å². The third-order valence-electron chi connectivity index (χ3n) is 1.79. The first-order valence-electron chi connectivity index (χ1n) is 4.79. The van der Waals surface area contributed by atoms with Crippen molar-refractivity contribution in [2.45, 2.75) is 24.6 Å². The Balaban J connectivity index is 2.87. The molecule has 0 bridgehead atoms. The summed E-state index contributed by atoms with van der Waals surface area (Å²) in [6.07, 6.45) is 4.02. The second-order valence-electron chi connectivity index (χ2n) is 3.94. The molecule has 0 unspecified atom stereocenters. The van der Waals surface area contributed by atoms with Crippen LogP contribution in [0.25, 0.3) is 0 Å². The molecular formula is C10H15N3O2S. The average Bonchev–Trinajstić information content (AvgIpc) is 2.25. The van der Waals surface area contributed by atoms with E-state index in [0.29, 0.717) is 29.4 Å². The number of hydrogen-bond donors (Lipinski definition) is 2. The molecule has 5 nitrogen and oxygen atoms in total. The van der Waals surface area contributed by atoms with Crippen molar-refractivity contribution in [3.63, 3.8) is 0 Å². The number of carbonyl (C=O) groups is 1. The number of aldehydes is 1. The van der Waals surface area contributed by atoms with Gasteiger partial charge in [0, 0.05) is 12.7 Å². The molecule has 0 atom stereocenters. The number of rotatable bonds is 5. The Kier molecular flexibility index (Phi) is 4.26. The summed E-state index contributed by atoms with van der Waals surface area (Å²) < 4.78 is 0. The molecule has 1 aromatic heterocycles. The molecule has 0 saturated carbocycles. The predicted molar refractivity (Wildman–Crippen MR) is 64.0 cm³/mol. The maximum Gasteiger partial charge on any atom is 0.189 e. The zero-order chi connectivity index (χ0) is 12.2. The summed E-state index contributed by atoms with van der Waals surface area (Å²) in [7, 11) is 0. The Labute approximate surface area is 98.7 Å². The van der Waals surface area contributed by atoms with Gasteiger partial charge in [-0.25, -0.2) is 9.97 Å². The third kappa shape index (κ3) is 3.79. The fraction of sp³-hybridized carbons (Fsp3) is 0.500. The van der Waals surface area contributed by atoms with Crippen LogP contribution in [0.2, 0.25) is 0 Å². The lowest BCUT2D eigenvalue weighted by atomic mass is 10.1. The highest BCUT2D eigenvalue weighted by molar-refractivity contribution is 7.98. The summed E-state index contributed by atoms with van der Waals surface area (Å²) in [5, 5.41) is 13.1. The van der Waals surface area contributed by atoms with Crippen molar-refractivity contribution in [1.29, 1.82) is 0 Å². The molecule has 0 aliphatic carbocycles. The minimum Gasteiger partial charge on any atom is -0.389 e. The molecule has 0 saturated heterocycles. The van der Waals surface area contributed by atoms with Crippen molar-refractivity contribution in [2.75, 3.05) is 18.1 Å². The predicted octanol–water partition coefficient (Wildman–Crippen LogP) is 1.19. The Hall–Kier alpha value is -1.14. The maximum absolute atomic E-state index is 10.8. The molecule has 2 N–H and O–H groups in total. The van der Waals surface area contributed by atoms with E-state index in [1.54, 1.807) is 13.8 Å². The monoisotopic (exact) mass is 241 g/mol. The molecule has 1 aromatic rings. The van der Waals surface area contributed by atoms with Crippen molar-refractivity contribution >= 4 is 23.9 Å². The van der Waals surface area contributed by atoms with E-state index in [-0.39, 0.29) is 0 Å². The molecule has 0 amide bonds. The Morgan fingerprint density at radius 1 is 1.62 bits per heavy atom. The van der Waals surface area contributed by atoms with Gasteiger partial charge in [0.05, 0.1) is 11.2 Å². The molecule has 16 heavy (non-hydrogen) atoms. The maximum atomic E-state index is 10.8. The smallest absolute Gasteiger partial charge is 0.189 e. The van der Waals surface area contributed by atoms with Crippen LogP contribution in [0.5, 0.6) is 0 Å². The van der Waals surface area contributed by atoms with Gasteiger partial charge in [-0.2, -0.15) is 0 Å². The summed E-state index contributed by atoms with van der Waals surface area (Å²) >= 11 is 1.39. The van der Waals surface area contributed by atoms with E-state index < -0.39 is 5.60 Å². The topological polar surface area (TPSA) is 75.1 Å². The summed E-state index contributed by atoms with van der Waals surface area (Å²) in [5.41, 5.74) is -0.466. The van der Waals surface area contributed by atoms with Gasteiger partial charge in [0.25, 0.3) is 0 Å². The molecule has 0 radical (unpaired) electrons. The summed E-state index contributed by atoms with van der Waals surface area (Å²) in [5.74, 6) is 0.455. The van der Waals surface area contributed by atoms with E-state index >= 15 is 0 Å². The number of thioether (sulfide) groups is 1. The number of nitrogens with one attached hydrogen (secondary N) is 1. The van der Waals surface area contributed by atoms with E-state index in [0.717, 1.165) is 0 Å². The van der Waals surface area contributed by atoms with Crippen LogP contribution < -0.4 is 5.32 Å². The van der Waals surface area contributed by atoms with Gasteiger partial charge in [-0.1, -0.05) is 11.8 Å². The van der Waals surface area contributed by atoms with Crippen molar-refractivity contribution in [3.8, 4) is 0 Å². The molecule has 0 aliphatic heterocycles. The zero-order valence-electron chi connectivity index (χ0n) is 9.52. The van der Waals surface area contributed by atoms with Gasteiger partial charge >= 0.3 is 0 Å². The Morgan fingerprint density at radius 3 is 2.81 bits per heavy atom. The first-order chi connectivity index (χ1) is 7.46. The highest BCUT2D eigenvalue weighted by Crippen LogP contribution is 2.15. The van der Waals surface area contributed by atoms with Crippen LogP contribution in [0.4, 0.5) is 5.82 Å². The van der Waals surface area contributed by atoms with Gasteiger partial charge in [-0.3, -0.25) is 4.79 Å². The number of nitrogens with zero attached hydrogens (tertiary/aromatic N) is 2. The fourth-order valence-corrected chi connectivity index (χ4v) is 1.34. The lowest BCUT2D eigenvalue weighted by Crippen LogP contribution is -2.30. The minimum absolute atomic E-state index is 0.318. The Bertz CT molecular complexity index is 377. The van der Waals surface area contributed by atoms with E-state index in [2.05, 4.69) is 15.3 Å². The highest BCUT2D eigenvalue weighted by Gasteiger charge is 2.14. The van der Waals surface area contributed by atoms with Crippen molar-refractivity contribution in [1.82, 2.24) is 9.97 Å². The van der Waals surface area contributed by atoms with Gasteiger partial charge in [-0.05, 0) is 20.1 Å². The summed E-state index contributed by atoms with van der Waals surface area (Å²) in [6, 6.07) is 0. The normalized spacial score (nSPS) is 11.2. The second kappa shape index (κ2) is 5.27. The molecule has 1 heterocycles. The number of aromatic nitrogens is 2. The first-order valence-corrected chi connectivity index (χ1v) is 6.01. The molecule has 6 heteroatoms. The van der Waals surface area contributed by atoms with Crippen LogP contribution in [0.15, 0.2) is 11.4 Å². The molecule has 0 aliphatic rings. The quantitative estimate of drug-likeness (QED) is 0.458. The van der Waals surface area contributed by atoms with E-state index in [4.69, 9.17) is 0 Å². The first kappa shape index (κ1) is 12.9. The summed E-state index contributed by atoms with van der Waals surface area (Å²) in [4.78, 5) is 18.9. The molecule has 0 fully saturated rings. The van der Waals surface area contributed by atoms with E-state index in [1.807, 2.05) is 6.26 Å². The lowest BCUT2D eigenvalue weighted by Gasteiger charge is -2.18. The van der Waals surface area contributed by atoms with Crippen molar-refractivity contribution < 1.29 is 9.90 Å². The highest BCUT2D eigenvalue weighted by atomic mass is 32.2. The van der Waals surface area contributed by atoms with Gasteiger partial charge in [0.1, 0.15) is 5.82 Å². The zero-order valence-corrected chi connectivity index (χ0v) is 10.3. The number of hydrogen-bond acceptors (Lipinski definition) is 6. The van der Waals surface area contributed by atoms with Crippen LogP contribution >= 0.6 is 11.8 Å². The van der Waals surface area contributed by atoms with Gasteiger partial charge in [0.15, 0.2) is 11.4 Å². The average molecular weight is 241 g/mol. The summed E-state index contributed by atoms with van der Waals surface area (Å²) in [6.45, 7) is 3.67. The lowest BCUT2D eigenvalue weighted by molar-refractivity contribution is 0.0942. The van der Waals surface area contributed by atoms with Crippen LogP contribution in [-0.4, -0.2) is 39.8 Å². The van der Waals surface area contributed by atoms with Gasteiger partial charge in [-0.15, -0.1) is 0 Å². The Morgan fingerprint density at radius 2 is 2.31 bits per heavy atom. The minimum atomic E-state index is -0.857. The SMILES string of the molecule is CSc1ncc(C=O)c(NCC(C)(C)O)n1. The van der Waals surface area contributed by atoms with Crippen LogP contribution in [0.3, 0.4) is 0 Å². The molecule has 0 aromatic carbocycles. The largest absolute Gasteiger partial charge is 0.389 e. The van der Waals surface area contributed by atoms with Crippen molar-refractivity contribution in [3.05, 3.63) is 11.8 Å². The molecule has 1 rings (SSSR count). The second-order valence-corrected chi connectivity index (χ2v) is 4.72. The van der Waals surface area contributed by atoms with Crippen LogP contribution in [0, 0.1) is 0 Å². The molecule has 0 spiro atoms. The number of anilines is 1. The van der Waals surface area contributed by atoms with Gasteiger partial charge in [0.2, 0.25) is 0 Å². The van der Waals surface area contributed by atoms with Crippen LogP contribution in [-0.2, 0) is 0 Å². The van der Waals surface area contributed by atoms with E-state index in [9.17, 15) is 9.90 Å². The standard InChI is InChI=1S/C10H15N3O2S/c1-10(2,15)6-12-8-7(5-14)4-11-9(13-8)16-3/h4-5,15H,6H2,1-3H3,(H,11,12,13). The third-order valence-corrected chi connectivity index (χ3v) is 2.35. The van der Waals surface area contributed by atoms with Gasteiger partial charge < -0.3 is 10.4 Å².